The number of anilines is 3. The van der Waals surface area contributed by atoms with E-state index in [4.69, 9.17) is 9.47 Å². The topological polar surface area (TPSA) is 68.3 Å². The molecule has 1 heterocycles. The normalized spacial score (nSPS) is 10.4. The molecule has 1 aromatic heterocycles. The summed E-state index contributed by atoms with van der Waals surface area (Å²) in [6.45, 7) is 4.90. The van der Waals surface area contributed by atoms with Crippen molar-refractivity contribution >= 4 is 17.3 Å². The predicted octanol–water partition coefficient (Wildman–Crippen LogP) is 4.51. The minimum atomic E-state index is 0.733. The van der Waals surface area contributed by atoms with Crippen LogP contribution >= 0.6 is 0 Å². The molecule has 0 radical (unpaired) electrons. The summed E-state index contributed by atoms with van der Waals surface area (Å²) >= 11 is 0. The summed E-state index contributed by atoms with van der Waals surface area (Å²) in [6, 6.07) is 14.2. The fourth-order valence-electron chi connectivity index (χ4n) is 2.90. The Kier molecular flexibility index (Phi) is 6.32. The molecule has 0 amide bonds. The van der Waals surface area contributed by atoms with Gasteiger partial charge < -0.3 is 20.1 Å². The molecule has 0 spiro atoms. The monoisotopic (exact) mass is 378 g/mol. The van der Waals surface area contributed by atoms with Crippen LogP contribution in [0, 0.1) is 13.8 Å². The molecule has 2 aromatic carbocycles. The molecule has 0 unspecified atom stereocenters. The summed E-state index contributed by atoms with van der Waals surface area (Å²) in [6.07, 6.45) is 2.40. The van der Waals surface area contributed by atoms with Crippen molar-refractivity contribution in [3.05, 3.63) is 65.5 Å². The quantitative estimate of drug-likeness (QED) is 0.601. The van der Waals surface area contributed by atoms with E-state index < -0.39 is 0 Å². The van der Waals surface area contributed by atoms with Gasteiger partial charge in [0.2, 0.25) is 0 Å². The number of aromatic nitrogens is 2. The number of benzene rings is 2. The number of hydrogen-bond donors (Lipinski definition) is 2. The minimum Gasteiger partial charge on any atom is -0.493 e. The lowest BCUT2D eigenvalue weighted by Crippen LogP contribution is -2.07. The zero-order valence-electron chi connectivity index (χ0n) is 16.7. The van der Waals surface area contributed by atoms with Crippen molar-refractivity contribution in [3.8, 4) is 11.5 Å². The van der Waals surface area contributed by atoms with E-state index in [1.165, 1.54) is 11.1 Å². The number of nitrogens with zero attached hydrogens (tertiary/aromatic N) is 2. The first-order chi connectivity index (χ1) is 13.6. The van der Waals surface area contributed by atoms with Gasteiger partial charge in [0.25, 0.3) is 0 Å². The van der Waals surface area contributed by atoms with Gasteiger partial charge in [-0.25, -0.2) is 9.97 Å². The van der Waals surface area contributed by atoms with Gasteiger partial charge in [-0.15, -0.1) is 0 Å². The van der Waals surface area contributed by atoms with E-state index in [-0.39, 0.29) is 0 Å². The van der Waals surface area contributed by atoms with Crippen LogP contribution in [-0.2, 0) is 6.42 Å². The van der Waals surface area contributed by atoms with Gasteiger partial charge in [0.15, 0.2) is 11.5 Å². The number of aryl methyl sites for hydroxylation is 2. The van der Waals surface area contributed by atoms with Gasteiger partial charge in [-0.2, -0.15) is 0 Å². The van der Waals surface area contributed by atoms with E-state index in [2.05, 4.69) is 52.6 Å². The van der Waals surface area contributed by atoms with Gasteiger partial charge in [-0.05, 0) is 55.2 Å². The third kappa shape index (κ3) is 4.91. The maximum atomic E-state index is 5.36. The van der Waals surface area contributed by atoms with E-state index in [0.717, 1.165) is 47.4 Å². The van der Waals surface area contributed by atoms with Crippen molar-refractivity contribution in [1.82, 2.24) is 9.97 Å². The molecule has 0 aliphatic rings. The molecule has 3 rings (SSSR count). The average Bonchev–Trinajstić information content (AvgIpc) is 2.71. The lowest BCUT2D eigenvalue weighted by Gasteiger charge is -2.12. The average molecular weight is 378 g/mol. The van der Waals surface area contributed by atoms with E-state index in [9.17, 15) is 0 Å². The molecular formula is C22H26N4O2. The lowest BCUT2D eigenvalue weighted by atomic mass is 10.1. The fraction of sp³-hybridized carbons (Fsp3) is 0.273. The second-order valence-corrected chi connectivity index (χ2v) is 6.60. The lowest BCUT2D eigenvalue weighted by molar-refractivity contribution is 0.354. The first kappa shape index (κ1) is 19.5. The first-order valence-corrected chi connectivity index (χ1v) is 9.20. The van der Waals surface area contributed by atoms with Gasteiger partial charge in [-0.3, -0.25) is 0 Å². The Morgan fingerprint density at radius 2 is 1.64 bits per heavy atom. The van der Waals surface area contributed by atoms with Crippen LogP contribution in [0.4, 0.5) is 17.3 Å². The largest absolute Gasteiger partial charge is 0.493 e. The zero-order valence-corrected chi connectivity index (χ0v) is 16.7. The van der Waals surface area contributed by atoms with Gasteiger partial charge in [0.1, 0.15) is 18.0 Å². The van der Waals surface area contributed by atoms with Crippen LogP contribution in [0.15, 0.2) is 48.8 Å². The Morgan fingerprint density at radius 3 is 2.43 bits per heavy atom. The van der Waals surface area contributed by atoms with Crippen molar-refractivity contribution in [2.75, 3.05) is 31.4 Å². The van der Waals surface area contributed by atoms with Crippen molar-refractivity contribution in [2.24, 2.45) is 0 Å². The molecular weight excluding hydrogens is 352 g/mol. The third-order valence-corrected chi connectivity index (χ3v) is 4.49. The number of rotatable bonds is 8. The second-order valence-electron chi connectivity index (χ2n) is 6.60. The van der Waals surface area contributed by atoms with Crippen molar-refractivity contribution in [1.29, 1.82) is 0 Å². The first-order valence-electron chi connectivity index (χ1n) is 9.20. The SMILES string of the molecule is COc1ccc(CCNc2cc(Nc3cc(C)ccc3C)ncn2)cc1OC. The highest BCUT2D eigenvalue weighted by Crippen LogP contribution is 2.27. The van der Waals surface area contributed by atoms with Crippen molar-refractivity contribution < 1.29 is 9.47 Å². The Balaban J connectivity index is 1.61. The van der Waals surface area contributed by atoms with Gasteiger partial charge in [0.05, 0.1) is 14.2 Å². The standard InChI is InChI=1S/C22H26N4O2/c1-15-5-6-16(2)18(11-15)26-22-13-21(24-14-25-22)23-10-9-17-7-8-19(27-3)20(12-17)28-4/h5-8,11-14H,9-10H2,1-4H3,(H2,23,24,25,26). The Hall–Kier alpha value is -3.28. The van der Waals surface area contributed by atoms with Crippen LogP contribution in [0.3, 0.4) is 0 Å². The highest BCUT2D eigenvalue weighted by atomic mass is 16.5. The van der Waals surface area contributed by atoms with Crippen LogP contribution in [0.25, 0.3) is 0 Å². The smallest absolute Gasteiger partial charge is 0.160 e. The Morgan fingerprint density at radius 1 is 0.857 bits per heavy atom. The molecule has 0 saturated heterocycles. The van der Waals surface area contributed by atoms with Crippen LogP contribution in [-0.4, -0.2) is 30.7 Å². The second kappa shape index (κ2) is 9.08. The summed E-state index contributed by atoms with van der Waals surface area (Å²) in [5, 5.41) is 6.72. The maximum Gasteiger partial charge on any atom is 0.160 e. The fourth-order valence-corrected chi connectivity index (χ4v) is 2.90. The molecule has 6 heteroatoms. The summed E-state index contributed by atoms with van der Waals surface area (Å²) in [5.74, 6) is 3.01. The molecule has 0 aliphatic carbocycles. The molecule has 3 aromatic rings. The maximum absolute atomic E-state index is 5.36. The Labute approximate surface area is 166 Å². The molecule has 2 N–H and O–H groups in total. The van der Waals surface area contributed by atoms with Crippen LogP contribution in [0.1, 0.15) is 16.7 Å². The zero-order chi connectivity index (χ0) is 19.9. The predicted molar refractivity (Wildman–Crippen MR) is 113 cm³/mol. The minimum absolute atomic E-state index is 0.733. The van der Waals surface area contributed by atoms with Crippen LogP contribution in [0.5, 0.6) is 11.5 Å². The number of hydrogen-bond acceptors (Lipinski definition) is 6. The van der Waals surface area contributed by atoms with Gasteiger partial charge in [-0.1, -0.05) is 18.2 Å². The summed E-state index contributed by atoms with van der Waals surface area (Å²) < 4.78 is 10.6. The molecule has 0 atom stereocenters. The van der Waals surface area contributed by atoms with Crippen LogP contribution < -0.4 is 20.1 Å². The van der Waals surface area contributed by atoms with Gasteiger partial charge >= 0.3 is 0 Å². The van der Waals surface area contributed by atoms with E-state index in [1.54, 1.807) is 20.5 Å². The third-order valence-electron chi connectivity index (χ3n) is 4.49. The number of ether oxygens (including phenoxy) is 2. The molecule has 0 aliphatic heterocycles. The van der Waals surface area contributed by atoms with E-state index >= 15 is 0 Å². The Bertz CT molecular complexity index is 944. The molecule has 146 valence electrons. The summed E-state index contributed by atoms with van der Waals surface area (Å²) in [5.41, 5.74) is 4.59. The summed E-state index contributed by atoms with van der Waals surface area (Å²) in [7, 11) is 3.28. The molecule has 0 fully saturated rings. The van der Waals surface area contributed by atoms with Crippen molar-refractivity contribution in [3.63, 3.8) is 0 Å². The van der Waals surface area contributed by atoms with Gasteiger partial charge in [0, 0.05) is 18.3 Å². The molecule has 28 heavy (non-hydrogen) atoms. The molecule has 0 bridgehead atoms. The number of nitrogens with one attached hydrogen (secondary N) is 2. The van der Waals surface area contributed by atoms with Crippen LogP contribution in [0.2, 0.25) is 0 Å². The van der Waals surface area contributed by atoms with Crippen molar-refractivity contribution in [2.45, 2.75) is 20.3 Å². The molecule has 6 nitrogen and oxygen atoms in total. The highest BCUT2D eigenvalue weighted by Gasteiger charge is 2.06. The van der Waals surface area contributed by atoms with E-state index in [0.29, 0.717) is 0 Å². The molecule has 0 saturated carbocycles. The highest BCUT2D eigenvalue weighted by molar-refractivity contribution is 5.63. The van der Waals surface area contributed by atoms with E-state index in [1.807, 2.05) is 24.3 Å². The summed E-state index contributed by atoms with van der Waals surface area (Å²) in [4.78, 5) is 8.63. The number of methoxy groups -OCH3 is 2.